The fourth-order valence-corrected chi connectivity index (χ4v) is 2.06. The molecule has 0 saturated carbocycles. The highest BCUT2D eigenvalue weighted by Gasteiger charge is 2.11. The molecule has 1 aromatic heterocycles. The third kappa shape index (κ3) is 2.46. The summed E-state index contributed by atoms with van der Waals surface area (Å²) >= 11 is 6.20. The summed E-state index contributed by atoms with van der Waals surface area (Å²) in [6, 6.07) is 9.32. The first-order chi connectivity index (χ1) is 8.49. The molecule has 94 valence electrons. The minimum atomic E-state index is -0.700. The molecule has 0 spiro atoms. The number of benzene rings is 1. The van der Waals surface area contributed by atoms with Crippen molar-refractivity contribution >= 4 is 17.3 Å². The van der Waals surface area contributed by atoms with Crippen molar-refractivity contribution in [1.82, 2.24) is 4.98 Å². The molecule has 0 amide bonds. The van der Waals surface area contributed by atoms with Crippen molar-refractivity contribution in [2.24, 2.45) is 11.5 Å². The van der Waals surface area contributed by atoms with Crippen molar-refractivity contribution < 1.29 is 0 Å². The Morgan fingerprint density at radius 2 is 1.89 bits per heavy atom. The Morgan fingerprint density at radius 3 is 2.50 bits per heavy atom. The number of aromatic nitrogens is 1. The number of nitrogens with two attached hydrogens (primary N) is 3. The van der Waals surface area contributed by atoms with Crippen LogP contribution in [0.2, 0.25) is 5.02 Å². The molecule has 4 nitrogen and oxygen atoms in total. The lowest BCUT2D eigenvalue weighted by atomic mass is 10.1. The molecule has 0 radical (unpaired) electrons. The van der Waals surface area contributed by atoms with Gasteiger partial charge in [0.25, 0.3) is 0 Å². The summed E-state index contributed by atoms with van der Waals surface area (Å²) < 4.78 is 0. The van der Waals surface area contributed by atoms with Crippen LogP contribution in [0.15, 0.2) is 30.3 Å². The third-order valence-electron chi connectivity index (χ3n) is 2.67. The summed E-state index contributed by atoms with van der Waals surface area (Å²) in [5.41, 5.74) is 20.6. The van der Waals surface area contributed by atoms with Gasteiger partial charge in [-0.25, -0.2) is 4.98 Å². The Labute approximate surface area is 111 Å². The van der Waals surface area contributed by atoms with Crippen LogP contribution in [0.3, 0.4) is 0 Å². The van der Waals surface area contributed by atoms with Crippen LogP contribution in [0, 0.1) is 6.92 Å². The minimum absolute atomic E-state index is 0.476. The van der Waals surface area contributed by atoms with E-state index in [0.29, 0.717) is 22.1 Å². The summed E-state index contributed by atoms with van der Waals surface area (Å²) in [7, 11) is 0. The second-order valence-corrected chi connectivity index (χ2v) is 4.59. The molecule has 5 heteroatoms. The molecule has 1 heterocycles. The Morgan fingerprint density at radius 1 is 1.17 bits per heavy atom. The molecule has 18 heavy (non-hydrogen) atoms. The number of aryl methyl sites for hydroxylation is 1. The van der Waals surface area contributed by atoms with Gasteiger partial charge in [-0.3, -0.25) is 0 Å². The number of hydrogen-bond acceptors (Lipinski definition) is 4. The summed E-state index contributed by atoms with van der Waals surface area (Å²) in [5, 5.41) is 0.642. The summed E-state index contributed by atoms with van der Waals surface area (Å²) in [6.45, 7) is 1.98. The number of nitrogen functional groups attached to an aromatic ring is 1. The zero-order chi connectivity index (χ0) is 13.3. The first-order valence-corrected chi connectivity index (χ1v) is 5.91. The van der Waals surface area contributed by atoms with E-state index in [0.717, 1.165) is 11.1 Å². The lowest BCUT2D eigenvalue weighted by Crippen LogP contribution is -2.23. The maximum Gasteiger partial charge on any atom is 0.0981 e. The number of hydrogen-bond donors (Lipinski definition) is 3. The van der Waals surface area contributed by atoms with Gasteiger partial charge >= 0.3 is 0 Å². The highest BCUT2D eigenvalue weighted by molar-refractivity contribution is 6.33. The number of halogens is 1. The molecule has 0 atom stereocenters. The van der Waals surface area contributed by atoms with Gasteiger partial charge in [0.2, 0.25) is 0 Å². The molecule has 2 rings (SSSR count). The highest BCUT2D eigenvalue weighted by Crippen LogP contribution is 2.29. The average Bonchev–Trinajstić information content (AvgIpc) is 2.30. The highest BCUT2D eigenvalue weighted by atomic mass is 35.5. The first kappa shape index (κ1) is 12.8. The second kappa shape index (κ2) is 4.94. The van der Waals surface area contributed by atoms with E-state index >= 15 is 0 Å². The standard InChI is InChI=1S/C13H15ClN4/c1-7-2-3-8(9(14)6-7)11-5-4-10(15)12(18-11)13(16)17/h2-6,13H,15-17H2,1H3. The Balaban J connectivity index is 2.54. The van der Waals surface area contributed by atoms with E-state index in [1.165, 1.54) is 0 Å². The quantitative estimate of drug-likeness (QED) is 0.724. The monoisotopic (exact) mass is 262 g/mol. The van der Waals surface area contributed by atoms with Gasteiger partial charge in [0.05, 0.1) is 28.3 Å². The van der Waals surface area contributed by atoms with Gasteiger partial charge in [0, 0.05) is 5.56 Å². The predicted octanol–water partition coefficient (Wildman–Crippen LogP) is 2.21. The van der Waals surface area contributed by atoms with Crippen molar-refractivity contribution in [2.75, 3.05) is 5.73 Å². The van der Waals surface area contributed by atoms with Crippen LogP contribution in [0.4, 0.5) is 5.69 Å². The van der Waals surface area contributed by atoms with Crippen LogP contribution in [-0.4, -0.2) is 4.98 Å². The van der Waals surface area contributed by atoms with Crippen molar-refractivity contribution in [3.63, 3.8) is 0 Å². The fraction of sp³-hybridized carbons (Fsp3) is 0.154. The first-order valence-electron chi connectivity index (χ1n) is 5.53. The van der Waals surface area contributed by atoms with Crippen LogP contribution < -0.4 is 17.2 Å². The second-order valence-electron chi connectivity index (χ2n) is 4.18. The lowest BCUT2D eigenvalue weighted by molar-refractivity contribution is 0.746. The molecule has 0 saturated heterocycles. The van der Waals surface area contributed by atoms with E-state index in [-0.39, 0.29) is 0 Å². The molecule has 2 aromatic rings. The van der Waals surface area contributed by atoms with Crippen molar-refractivity contribution in [3.8, 4) is 11.3 Å². The topological polar surface area (TPSA) is 91.0 Å². The van der Waals surface area contributed by atoms with Crippen LogP contribution in [0.25, 0.3) is 11.3 Å². The Hall–Kier alpha value is -1.62. The Bertz CT molecular complexity index is 581. The predicted molar refractivity (Wildman–Crippen MR) is 74.9 cm³/mol. The van der Waals surface area contributed by atoms with Crippen LogP contribution >= 0.6 is 11.6 Å². The van der Waals surface area contributed by atoms with Gasteiger partial charge in [-0.1, -0.05) is 23.7 Å². The van der Waals surface area contributed by atoms with Gasteiger partial charge in [-0.05, 0) is 30.7 Å². The average molecular weight is 263 g/mol. The lowest BCUT2D eigenvalue weighted by Gasteiger charge is -2.11. The van der Waals surface area contributed by atoms with Crippen LogP contribution in [-0.2, 0) is 0 Å². The summed E-state index contributed by atoms with van der Waals surface area (Å²) in [5.74, 6) is 0. The van der Waals surface area contributed by atoms with Gasteiger partial charge in [-0.15, -0.1) is 0 Å². The van der Waals surface area contributed by atoms with E-state index in [2.05, 4.69) is 4.98 Å². The van der Waals surface area contributed by atoms with E-state index in [9.17, 15) is 0 Å². The molecule has 0 bridgehead atoms. The molecular weight excluding hydrogens is 248 g/mol. The largest absolute Gasteiger partial charge is 0.397 e. The zero-order valence-electron chi connectivity index (χ0n) is 10.0. The number of anilines is 1. The summed E-state index contributed by atoms with van der Waals surface area (Å²) in [4.78, 5) is 4.37. The van der Waals surface area contributed by atoms with Crippen LogP contribution in [0.1, 0.15) is 17.4 Å². The molecular formula is C13H15ClN4. The summed E-state index contributed by atoms with van der Waals surface area (Å²) in [6.07, 6.45) is -0.700. The van der Waals surface area contributed by atoms with E-state index in [1.54, 1.807) is 12.1 Å². The third-order valence-corrected chi connectivity index (χ3v) is 2.99. The molecule has 0 aliphatic rings. The van der Waals surface area contributed by atoms with E-state index in [4.69, 9.17) is 28.8 Å². The molecule has 6 N–H and O–H groups in total. The molecule has 0 aliphatic carbocycles. The smallest absolute Gasteiger partial charge is 0.0981 e. The SMILES string of the molecule is Cc1ccc(-c2ccc(N)c(C(N)N)n2)c(Cl)c1. The number of pyridine rings is 1. The maximum absolute atomic E-state index is 6.20. The minimum Gasteiger partial charge on any atom is -0.397 e. The van der Waals surface area contributed by atoms with Gasteiger partial charge in [0.1, 0.15) is 0 Å². The molecule has 0 fully saturated rings. The van der Waals surface area contributed by atoms with Crippen molar-refractivity contribution in [2.45, 2.75) is 13.1 Å². The van der Waals surface area contributed by atoms with Gasteiger partial charge < -0.3 is 17.2 Å². The number of nitrogens with zero attached hydrogens (tertiary/aromatic N) is 1. The molecule has 0 aliphatic heterocycles. The zero-order valence-corrected chi connectivity index (χ0v) is 10.8. The van der Waals surface area contributed by atoms with E-state index < -0.39 is 6.17 Å². The molecule has 1 aromatic carbocycles. The normalized spacial score (nSPS) is 10.9. The van der Waals surface area contributed by atoms with E-state index in [1.807, 2.05) is 25.1 Å². The van der Waals surface area contributed by atoms with Gasteiger partial charge in [0.15, 0.2) is 0 Å². The van der Waals surface area contributed by atoms with Crippen LogP contribution in [0.5, 0.6) is 0 Å². The Kier molecular flexibility index (Phi) is 3.52. The van der Waals surface area contributed by atoms with Crippen molar-refractivity contribution in [1.29, 1.82) is 0 Å². The van der Waals surface area contributed by atoms with Crippen molar-refractivity contribution in [3.05, 3.63) is 46.6 Å². The molecule has 0 unspecified atom stereocenters. The maximum atomic E-state index is 6.20. The number of rotatable bonds is 2. The van der Waals surface area contributed by atoms with Gasteiger partial charge in [-0.2, -0.15) is 0 Å². The fourth-order valence-electron chi connectivity index (χ4n) is 1.73.